The molecule has 0 aromatic rings. The molecule has 4 heteroatoms. The molecular formula is C7H12N2O2. The summed E-state index contributed by atoms with van der Waals surface area (Å²) in [4.78, 5) is 25.2. The lowest BCUT2D eigenvalue weighted by Gasteiger charge is -2.34. The summed E-state index contributed by atoms with van der Waals surface area (Å²) in [5.41, 5.74) is 0. The van der Waals surface area contributed by atoms with Crippen LogP contribution >= 0.6 is 0 Å². The molecule has 1 heterocycles. The molecule has 0 aromatic carbocycles. The van der Waals surface area contributed by atoms with Crippen molar-refractivity contribution in [3.8, 4) is 0 Å². The first kappa shape index (κ1) is 8.04. The van der Waals surface area contributed by atoms with Gasteiger partial charge in [0, 0.05) is 14.1 Å². The number of rotatable bonds is 0. The van der Waals surface area contributed by atoms with Crippen molar-refractivity contribution in [1.82, 2.24) is 9.80 Å². The van der Waals surface area contributed by atoms with Crippen molar-refractivity contribution < 1.29 is 9.59 Å². The molecule has 0 bridgehead atoms. The van der Waals surface area contributed by atoms with Gasteiger partial charge in [-0.15, -0.1) is 0 Å². The molecule has 0 radical (unpaired) electrons. The maximum atomic E-state index is 11.2. The molecule has 4 nitrogen and oxygen atoms in total. The second-order valence-electron chi connectivity index (χ2n) is 2.87. The third-order valence-corrected chi connectivity index (χ3v) is 2.08. The minimum absolute atomic E-state index is 0.000370. The van der Waals surface area contributed by atoms with Gasteiger partial charge in [0.2, 0.25) is 11.8 Å². The average molecular weight is 156 g/mol. The van der Waals surface area contributed by atoms with Crippen molar-refractivity contribution in [1.29, 1.82) is 0 Å². The van der Waals surface area contributed by atoms with E-state index < -0.39 is 0 Å². The highest BCUT2D eigenvalue weighted by Crippen LogP contribution is 2.07. The van der Waals surface area contributed by atoms with Crippen molar-refractivity contribution >= 4 is 11.8 Å². The third kappa shape index (κ3) is 1.20. The Bertz CT molecular complexity index is 203. The minimum Gasteiger partial charge on any atom is -0.335 e. The van der Waals surface area contributed by atoms with Gasteiger partial charge in [-0.1, -0.05) is 0 Å². The largest absolute Gasteiger partial charge is 0.335 e. The third-order valence-electron chi connectivity index (χ3n) is 2.08. The van der Waals surface area contributed by atoms with Gasteiger partial charge in [0.05, 0.1) is 6.54 Å². The lowest BCUT2D eigenvalue weighted by molar-refractivity contribution is -0.152. The van der Waals surface area contributed by atoms with E-state index >= 15 is 0 Å². The Morgan fingerprint density at radius 2 is 1.91 bits per heavy atom. The topological polar surface area (TPSA) is 40.6 Å². The van der Waals surface area contributed by atoms with Gasteiger partial charge in [0.15, 0.2) is 0 Å². The summed E-state index contributed by atoms with van der Waals surface area (Å²) in [6, 6.07) is -0.304. The van der Waals surface area contributed by atoms with E-state index in [-0.39, 0.29) is 24.4 Å². The van der Waals surface area contributed by atoms with Crippen molar-refractivity contribution in [2.24, 2.45) is 0 Å². The number of hydrogen-bond acceptors (Lipinski definition) is 2. The van der Waals surface area contributed by atoms with Crippen LogP contribution in [0.3, 0.4) is 0 Å². The summed E-state index contributed by atoms with van der Waals surface area (Å²) < 4.78 is 0. The molecule has 62 valence electrons. The molecule has 1 aliphatic heterocycles. The van der Waals surface area contributed by atoms with Crippen LogP contribution in [0, 0.1) is 0 Å². The van der Waals surface area contributed by atoms with Gasteiger partial charge in [-0.2, -0.15) is 0 Å². The number of nitrogens with zero attached hydrogens (tertiary/aromatic N) is 2. The molecule has 2 amide bonds. The Kier molecular flexibility index (Phi) is 1.85. The Morgan fingerprint density at radius 3 is 2.45 bits per heavy atom. The van der Waals surface area contributed by atoms with Crippen molar-refractivity contribution in [3.63, 3.8) is 0 Å². The van der Waals surface area contributed by atoms with Crippen molar-refractivity contribution in [2.45, 2.75) is 13.0 Å². The van der Waals surface area contributed by atoms with Crippen LogP contribution < -0.4 is 0 Å². The van der Waals surface area contributed by atoms with Gasteiger partial charge in [-0.25, -0.2) is 0 Å². The monoisotopic (exact) mass is 156 g/mol. The first-order valence-electron chi connectivity index (χ1n) is 3.54. The van der Waals surface area contributed by atoms with E-state index in [4.69, 9.17) is 0 Å². The van der Waals surface area contributed by atoms with E-state index in [1.807, 2.05) is 0 Å². The molecule has 1 rings (SSSR count). The van der Waals surface area contributed by atoms with Crippen molar-refractivity contribution in [2.75, 3.05) is 20.6 Å². The molecule has 1 aliphatic rings. The number of piperazine rings is 1. The lowest BCUT2D eigenvalue weighted by atomic mass is 10.2. The van der Waals surface area contributed by atoms with E-state index in [1.54, 1.807) is 21.0 Å². The van der Waals surface area contributed by atoms with Crippen LogP contribution in [0.5, 0.6) is 0 Å². The molecule has 0 aliphatic carbocycles. The van der Waals surface area contributed by atoms with Crippen LogP contribution in [0.4, 0.5) is 0 Å². The van der Waals surface area contributed by atoms with E-state index in [0.717, 1.165) is 0 Å². The molecule has 11 heavy (non-hydrogen) atoms. The molecular weight excluding hydrogens is 144 g/mol. The fraction of sp³-hybridized carbons (Fsp3) is 0.714. The normalized spacial score (nSPS) is 26.3. The number of carbonyl (C=O) groups excluding carboxylic acids is 2. The van der Waals surface area contributed by atoms with Crippen molar-refractivity contribution in [3.05, 3.63) is 0 Å². The van der Waals surface area contributed by atoms with E-state index in [2.05, 4.69) is 0 Å². The zero-order valence-electron chi connectivity index (χ0n) is 7.00. The Balaban J connectivity index is 2.78. The van der Waals surface area contributed by atoms with Crippen LogP contribution in [0.25, 0.3) is 0 Å². The molecule has 1 atom stereocenters. The molecule has 0 N–H and O–H groups in total. The zero-order valence-corrected chi connectivity index (χ0v) is 7.00. The van der Waals surface area contributed by atoms with Gasteiger partial charge in [-0.3, -0.25) is 9.59 Å². The molecule has 0 spiro atoms. The predicted octanol–water partition coefficient (Wildman–Crippen LogP) is -0.695. The summed E-state index contributed by atoms with van der Waals surface area (Å²) in [7, 11) is 3.29. The number of hydrogen-bond donors (Lipinski definition) is 0. The Morgan fingerprint density at radius 1 is 1.36 bits per heavy atom. The predicted molar refractivity (Wildman–Crippen MR) is 39.9 cm³/mol. The van der Waals surface area contributed by atoms with Gasteiger partial charge in [0.1, 0.15) is 6.04 Å². The molecule has 0 saturated carbocycles. The lowest BCUT2D eigenvalue weighted by Crippen LogP contribution is -2.55. The summed E-state index contributed by atoms with van der Waals surface area (Å²) >= 11 is 0. The Labute approximate surface area is 65.8 Å². The number of amides is 2. The second-order valence-corrected chi connectivity index (χ2v) is 2.87. The fourth-order valence-corrected chi connectivity index (χ4v) is 1.09. The van der Waals surface area contributed by atoms with Crippen LogP contribution in [-0.4, -0.2) is 48.3 Å². The maximum Gasteiger partial charge on any atom is 0.245 e. The van der Waals surface area contributed by atoms with Crippen LogP contribution in [-0.2, 0) is 9.59 Å². The van der Waals surface area contributed by atoms with Gasteiger partial charge < -0.3 is 9.80 Å². The highest BCUT2D eigenvalue weighted by molar-refractivity contribution is 5.94. The van der Waals surface area contributed by atoms with Crippen LogP contribution in [0.2, 0.25) is 0 Å². The Hall–Kier alpha value is -1.06. The summed E-state index contributed by atoms with van der Waals surface area (Å²) in [6.45, 7) is 1.94. The average Bonchev–Trinajstić information content (AvgIpc) is 1.97. The zero-order chi connectivity index (χ0) is 8.59. The molecule has 0 unspecified atom stereocenters. The smallest absolute Gasteiger partial charge is 0.245 e. The molecule has 0 aromatic heterocycles. The van der Waals surface area contributed by atoms with Gasteiger partial charge in [0.25, 0.3) is 0 Å². The quantitative estimate of drug-likeness (QED) is 0.465. The van der Waals surface area contributed by atoms with E-state index in [1.165, 1.54) is 9.80 Å². The standard InChI is InChI=1S/C7H12N2O2/c1-5-7(11)8(2)4-6(10)9(5)3/h5H,4H2,1-3H3/t5-/m1/s1. The first-order valence-corrected chi connectivity index (χ1v) is 3.54. The summed E-state index contributed by atoms with van der Waals surface area (Å²) in [6.07, 6.45) is 0. The van der Waals surface area contributed by atoms with E-state index in [9.17, 15) is 9.59 Å². The molecule has 1 saturated heterocycles. The maximum absolute atomic E-state index is 11.2. The van der Waals surface area contributed by atoms with Crippen LogP contribution in [0.1, 0.15) is 6.92 Å². The highest BCUT2D eigenvalue weighted by atomic mass is 16.2. The number of carbonyl (C=O) groups is 2. The summed E-state index contributed by atoms with van der Waals surface area (Å²) in [5, 5.41) is 0. The van der Waals surface area contributed by atoms with Gasteiger partial charge in [-0.05, 0) is 6.92 Å². The van der Waals surface area contributed by atoms with Crippen LogP contribution in [0.15, 0.2) is 0 Å². The number of likely N-dealkylation sites (N-methyl/N-ethyl adjacent to an activating group) is 2. The van der Waals surface area contributed by atoms with Gasteiger partial charge >= 0.3 is 0 Å². The highest BCUT2D eigenvalue weighted by Gasteiger charge is 2.31. The van der Waals surface area contributed by atoms with E-state index in [0.29, 0.717) is 0 Å². The second kappa shape index (κ2) is 2.53. The fourth-order valence-electron chi connectivity index (χ4n) is 1.09. The summed E-state index contributed by atoms with van der Waals surface area (Å²) in [5.74, 6) is 0.00620. The first-order chi connectivity index (χ1) is 5.04. The minimum atomic E-state index is -0.304. The molecule has 1 fully saturated rings. The SMILES string of the molecule is C[C@@H]1C(=O)N(C)CC(=O)N1C.